The van der Waals surface area contributed by atoms with Crippen molar-refractivity contribution in [3.05, 3.63) is 35.4 Å². The maximum atomic E-state index is 12.4. The fraction of sp³-hybridized carbons (Fsp3) is 0.600. The summed E-state index contributed by atoms with van der Waals surface area (Å²) in [5.74, 6) is 0.740. The van der Waals surface area contributed by atoms with E-state index in [0.29, 0.717) is 12.5 Å². The van der Waals surface area contributed by atoms with E-state index < -0.39 is 0 Å². The lowest BCUT2D eigenvalue weighted by molar-refractivity contribution is -0.136. The third-order valence-corrected chi connectivity index (χ3v) is 5.09. The second kappa shape index (κ2) is 8.00. The first-order valence-electron chi connectivity index (χ1n) is 9.32. The molecule has 5 nitrogen and oxygen atoms in total. The molecule has 136 valence electrons. The number of hydrogen-bond donors (Lipinski definition) is 1. The van der Waals surface area contributed by atoms with Crippen molar-refractivity contribution in [2.24, 2.45) is 11.8 Å². The van der Waals surface area contributed by atoms with Crippen molar-refractivity contribution in [1.29, 1.82) is 0 Å². The molecule has 1 saturated carbocycles. The van der Waals surface area contributed by atoms with E-state index in [1.165, 1.54) is 5.56 Å². The fourth-order valence-corrected chi connectivity index (χ4v) is 3.41. The van der Waals surface area contributed by atoms with E-state index in [1.54, 1.807) is 0 Å². The number of benzene rings is 1. The molecule has 0 spiro atoms. The lowest BCUT2D eigenvalue weighted by atomic mass is 9.95. The molecular formula is C20H29N3O2. The van der Waals surface area contributed by atoms with Gasteiger partial charge in [0.2, 0.25) is 11.8 Å². The van der Waals surface area contributed by atoms with Gasteiger partial charge in [0.15, 0.2) is 0 Å². The Labute approximate surface area is 150 Å². The maximum absolute atomic E-state index is 12.4. The van der Waals surface area contributed by atoms with Gasteiger partial charge in [-0.1, -0.05) is 24.3 Å². The van der Waals surface area contributed by atoms with E-state index in [0.717, 1.165) is 50.9 Å². The largest absolute Gasteiger partial charge is 0.352 e. The Balaban J connectivity index is 1.41. The number of hydrogen-bond acceptors (Lipinski definition) is 3. The van der Waals surface area contributed by atoms with Crippen LogP contribution in [0.1, 0.15) is 36.8 Å². The SMILES string of the molecule is CN(C)Cc1ccc(CNC(=O)C2CCN(C(=O)C3CC3)CC2)cc1. The molecule has 1 aliphatic carbocycles. The molecule has 1 aliphatic heterocycles. The number of carbonyl (C=O) groups excluding carboxylic acids is 2. The quantitative estimate of drug-likeness (QED) is 0.860. The smallest absolute Gasteiger partial charge is 0.225 e. The Morgan fingerprint density at radius 2 is 1.60 bits per heavy atom. The summed E-state index contributed by atoms with van der Waals surface area (Å²) in [5.41, 5.74) is 2.39. The van der Waals surface area contributed by atoms with Gasteiger partial charge in [0.05, 0.1) is 0 Å². The highest BCUT2D eigenvalue weighted by atomic mass is 16.2. The van der Waals surface area contributed by atoms with Crippen molar-refractivity contribution in [2.75, 3.05) is 27.2 Å². The zero-order valence-corrected chi connectivity index (χ0v) is 15.3. The molecule has 1 aromatic carbocycles. The number of amides is 2. The van der Waals surface area contributed by atoms with Crippen LogP contribution in [0.5, 0.6) is 0 Å². The van der Waals surface area contributed by atoms with Crippen LogP contribution in [0.15, 0.2) is 24.3 Å². The van der Waals surface area contributed by atoms with E-state index in [9.17, 15) is 9.59 Å². The lowest BCUT2D eigenvalue weighted by Gasteiger charge is -2.31. The minimum absolute atomic E-state index is 0.0382. The fourth-order valence-electron chi connectivity index (χ4n) is 3.41. The van der Waals surface area contributed by atoms with E-state index in [2.05, 4.69) is 48.6 Å². The summed E-state index contributed by atoms with van der Waals surface area (Å²) in [6.45, 7) is 2.95. The molecule has 2 fully saturated rings. The highest BCUT2D eigenvalue weighted by Crippen LogP contribution is 2.32. The minimum atomic E-state index is 0.0382. The summed E-state index contributed by atoms with van der Waals surface area (Å²) in [6, 6.07) is 8.39. The van der Waals surface area contributed by atoms with Gasteiger partial charge in [-0.15, -0.1) is 0 Å². The predicted octanol–water partition coefficient (Wildman–Crippen LogP) is 2.01. The number of piperidine rings is 1. The maximum Gasteiger partial charge on any atom is 0.225 e. The van der Waals surface area contributed by atoms with Crippen molar-refractivity contribution in [3.8, 4) is 0 Å². The van der Waals surface area contributed by atoms with Crippen LogP contribution in [-0.4, -0.2) is 48.8 Å². The lowest BCUT2D eigenvalue weighted by Crippen LogP contribution is -2.43. The number of nitrogens with zero attached hydrogens (tertiary/aromatic N) is 2. The number of likely N-dealkylation sites (tertiary alicyclic amines) is 1. The van der Waals surface area contributed by atoms with Crippen LogP contribution in [0.25, 0.3) is 0 Å². The molecule has 1 aromatic rings. The summed E-state index contributed by atoms with van der Waals surface area (Å²) in [5, 5.41) is 3.06. The second-order valence-electron chi connectivity index (χ2n) is 7.65. The molecule has 0 unspecified atom stereocenters. The minimum Gasteiger partial charge on any atom is -0.352 e. The van der Waals surface area contributed by atoms with Crippen molar-refractivity contribution in [1.82, 2.24) is 15.1 Å². The normalized spacial score (nSPS) is 18.4. The molecule has 3 rings (SSSR count). The molecule has 1 N–H and O–H groups in total. The Bertz CT molecular complexity index is 600. The first-order chi connectivity index (χ1) is 12.0. The average Bonchev–Trinajstić information content (AvgIpc) is 3.45. The van der Waals surface area contributed by atoms with E-state index in [-0.39, 0.29) is 17.7 Å². The molecule has 2 aliphatic rings. The van der Waals surface area contributed by atoms with E-state index in [4.69, 9.17) is 0 Å². The van der Waals surface area contributed by atoms with Gasteiger partial charge in [-0.05, 0) is 50.9 Å². The molecule has 25 heavy (non-hydrogen) atoms. The van der Waals surface area contributed by atoms with Crippen molar-refractivity contribution >= 4 is 11.8 Å². The standard InChI is InChI=1S/C20H29N3O2/c1-22(2)14-16-5-3-15(4-6-16)13-21-19(24)17-9-11-23(12-10-17)20(25)18-7-8-18/h3-6,17-18H,7-14H2,1-2H3,(H,21,24). The van der Waals surface area contributed by atoms with Crippen molar-refractivity contribution < 1.29 is 9.59 Å². The van der Waals surface area contributed by atoms with Crippen LogP contribution in [0.4, 0.5) is 0 Å². The van der Waals surface area contributed by atoms with Gasteiger partial charge in [0, 0.05) is 38.0 Å². The first kappa shape index (κ1) is 17.9. The highest BCUT2D eigenvalue weighted by Gasteiger charge is 2.35. The summed E-state index contributed by atoms with van der Waals surface area (Å²) in [7, 11) is 4.11. The van der Waals surface area contributed by atoms with E-state index >= 15 is 0 Å². The summed E-state index contributed by atoms with van der Waals surface area (Å²) < 4.78 is 0. The zero-order chi connectivity index (χ0) is 17.8. The molecule has 1 saturated heterocycles. The van der Waals surface area contributed by atoms with Gasteiger partial charge < -0.3 is 15.1 Å². The third kappa shape index (κ3) is 5.05. The molecule has 0 bridgehead atoms. The van der Waals surface area contributed by atoms with Crippen LogP contribution in [0.3, 0.4) is 0 Å². The molecule has 0 aromatic heterocycles. The molecular weight excluding hydrogens is 314 g/mol. The van der Waals surface area contributed by atoms with Crippen molar-refractivity contribution in [3.63, 3.8) is 0 Å². The zero-order valence-electron chi connectivity index (χ0n) is 15.3. The molecule has 0 radical (unpaired) electrons. The summed E-state index contributed by atoms with van der Waals surface area (Å²) >= 11 is 0. The topological polar surface area (TPSA) is 52.7 Å². The van der Waals surface area contributed by atoms with Crippen LogP contribution in [0, 0.1) is 11.8 Å². The van der Waals surface area contributed by atoms with Crippen LogP contribution in [-0.2, 0) is 22.7 Å². The average molecular weight is 343 g/mol. The summed E-state index contributed by atoms with van der Waals surface area (Å²) in [6.07, 6.45) is 3.66. The summed E-state index contributed by atoms with van der Waals surface area (Å²) in [4.78, 5) is 28.5. The van der Waals surface area contributed by atoms with Crippen LogP contribution >= 0.6 is 0 Å². The van der Waals surface area contributed by atoms with Gasteiger partial charge in [0.1, 0.15) is 0 Å². The number of carbonyl (C=O) groups is 2. The van der Waals surface area contributed by atoms with Crippen LogP contribution in [0.2, 0.25) is 0 Å². The highest BCUT2D eigenvalue weighted by molar-refractivity contribution is 5.82. The van der Waals surface area contributed by atoms with Crippen LogP contribution < -0.4 is 5.32 Å². The molecule has 2 amide bonds. The third-order valence-electron chi connectivity index (χ3n) is 5.09. The molecule has 5 heteroatoms. The Kier molecular flexibility index (Phi) is 5.74. The Morgan fingerprint density at radius 3 is 2.16 bits per heavy atom. The number of rotatable bonds is 6. The Hall–Kier alpha value is -1.88. The predicted molar refractivity (Wildman–Crippen MR) is 97.7 cm³/mol. The van der Waals surface area contributed by atoms with Gasteiger partial charge in [0.25, 0.3) is 0 Å². The second-order valence-corrected chi connectivity index (χ2v) is 7.65. The monoisotopic (exact) mass is 343 g/mol. The first-order valence-corrected chi connectivity index (χ1v) is 9.32. The van der Waals surface area contributed by atoms with Gasteiger partial charge in [-0.25, -0.2) is 0 Å². The number of nitrogens with one attached hydrogen (secondary N) is 1. The molecule has 0 atom stereocenters. The van der Waals surface area contributed by atoms with E-state index in [1.807, 2.05) is 4.90 Å². The van der Waals surface area contributed by atoms with Crippen molar-refractivity contribution in [2.45, 2.75) is 38.8 Å². The van der Waals surface area contributed by atoms with Gasteiger partial charge >= 0.3 is 0 Å². The Morgan fingerprint density at radius 1 is 1.00 bits per heavy atom. The van der Waals surface area contributed by atoms with Gasteiger partial charge in [-0.3, -0.25) is 9.59 Å². The van der Waals surface area contributed by atoms with Gasteiger partial charge in [-0.2, -0.15) is 0 Å². The molecule has 1 heterocycles.